The SMILES string of the molecule is COc1cc(OC)c(CNC(=O)c2cnn(Cc3ccccc3Cl)c2)c(OC)c1. The number of benzene rings is 2. The summed E-state index contributed by atoms with van der Waals surface area (Å²) in [6.45, 7) is 0.706. The van der Waals surface area contributed by atoms with E-state index in [4.69, 9.17) is 25.8 Å². The van der Waals surface area contributed by atoms with Gasteiger partial charge in [-0.15, -0.1) is 0 Å². The van der Waals surface area contributed by atoms with Gasteiger partial charge in [-0.1, -0.05) is 29.8 Å². The molecule has 8 heteroatoms. The maximum Gasteiger partial charge on any atom is 0.254 e. The molecule has 1 N–H and O–H groups in total. The van der Waals surface area contributed by atoms with Gasteiger partial charge in [0.25, 0.3) is 5.91 Å². The minimum Gasteiger partial charge on any atom is -0.496 e. The molecule has 0 saturated heterocycles. The van der Waals surface area contributed by atoms with Gasteiger partial charge >= 0.3 is 0 Å². The summed E-state index contributed by atoms with van der Waals surface area (Å²) in [6.07, 6.45) is 3.20. The van der Waals surface area contributed by atoms with Crippen LogP contribution >= 0.6 is 11.6 Å². The molecule has 1 amide bonds. The Labute approximate surface area is 174 Å². The molecule has 0 aliphatic rings. The largest absolute Gasteiger partial charge is 0.496 e. The van der Waals surface area contributed by atoms with E-state index in [1.54, 1.807) is 44.3 Å². The second-order valence-corrected chi connectivity index (χ2v) is 6.62. The van der Waals surface area contributed by atoms with Gasteiger partial charge in [0, 0.05) is 23.4 Å². The van der Waals surface area contributed by atoms with E-state index < -0.39 is 0 Å². The predicted octanol–water partition coefficient (Wildman–Crippen LogP) is 3.54. The van der Waals surface area contributed by atoms with Crippen molar-refractivity contribution in [2.45, 2.75) is 13.1 Å². The van der Waals surface area contributed by atoms with Crippen LogP contribution in [0.1, 0.15) is 21.5 Å². The summed E-state index contributed by atoms with van der Waals surface area (Å²) in [5.41, 5.74) is 2.09. The van der Waals surface area contributed by atoms with Crippen molar-refractivity contribution in [3.63, 3.8) is 0 Å². The van der Waals surface area contributed by atoms with E-state index in [9.17, 15) is 4.79 Å². The molecule has 1 aromatic heterocycles. The van der Waals surface area contributed by atoms with E-state index in [0.29, 0.717) is 39.9 Å². The Balaban J connectivity index is 1.70. The van der Waals surface area contributed by atoms with Crippen LogP contribution in [0.25, 0.3) is 0 Å². The average molecular weight is 416 g/mol. The van der Waals surface area contributed by atoms with Crippen molar-refractivity contribution in [2.75, 3.05) is 21.3 Å². The predicted molar refractivity (Wildman–Crippen MR) is 110 cm³/mol. The first kappa shape index (κ1) is 20.5. The zero-order valence-corrected chi connectivity index (χ0v) is 17.2. The molecule has 7 nitrogen and oxygen atoms in total. The lowest BCUT2D eigenvalue weighted by molar-refractivity contribution is 0.0950. The van der Waals surface area contributed by atoms with Gasteiger partial charge < -0.3 is 19.5 Å². The fourth-order valence-electron chi connectivity index (χ4n) is 2.89. The summed E-state index contributed by atoms with van der Waals surface area (Å²) >= 11 is 6.19. The van der Waals surface area contributed by atoms with Gasteiger partial charge in [-0.3, -0.25) is 9.48 Å². The Morgan fingerprint density at radius 1 is 1.10 bits per heavy atom. The molecule has 152 valence electrons. The van der Waals surface area contributed by atoms with Crippen molar-refractivity contribution >= 4 is 17.5 Å². The van der Waals surface area contributed by atoms with Gasteiger partial charge in [0.2, 0.25) is 0 Å². The number of hydrogen-bond donors (Lipinski definition) is 1. The monoisotopic (exact) mass is 415 g/mol. The second kappa shape index (κ2) is 9.34. The number of carbonyl (C=O) groups excluding carboxylic acids is 1. The van der Waals surface area contributed by atoms with Crippen LogP contribution in [0.15, 0.2) is 48.8 Å². The third-order valence-electron chi connectivity index (χ3n) is 4.43. The standard InChI is InChI=1S/C21H22ClN3O4/c1-27-16-8-19(28-2)17(20(9-16)29-3)11-23-21(26)15-10-24-25(13-15)12-14-6-4-5-7-18(14)22/h4-10,13H,11-12H2,1-3H3,(H,23,26). The Morgan fingerprint density at radius 3 is 2.41 bits per heavy atom. The molecule has 0 atom stereocenters. The van der Waals surface area contributed by atoms with Crippen LogP contribution in [-0.2, 0) is 13.1 Å². The molecule has 0 unspecified atom stereocenters. The molecule has 0 radical (unpaired) electrons. The van der Waals surface area contributed by atoms with Crippen molar-refractivity contribution < 1.29 is 19.0 Å². The van der Waals surface area contributed by atoms with Crippen LogP contribution < -0.4 is 19.5 Å². The van der Waals surface area contributed by atoms with Crippen LogP contribution in [-0.4, -0.2) is 37.0 Å². The number of amides is 1. The zero-order valence-electron chi connectivity index (χ0n) is 16.4. The number of ether oxygens (including phenoxy) is 3. The molecule has 0 fully saturated rings. The minimum absolute atomic E-state index is 0.227. The fraction of sp³-hybridized carbons (Fsp3) is 0.238. The summed E-state index contributed by atoms with van der Waals surface area (Å²) in [4.78, 5) is 12.6. The topological polar surface area (TPSA) is 74.6 Å². The first-order valence-corrected chi connectivity index (χ1v) is 9.26. The second-order valence-electron chi connectivity index (χ2n) is 6.21. The van der Waals surface area contributed by atoms with Crippen molar-refractivity contribution in [3.8, 4) is 17.2 Å². The number of methoxy groups -OCH3 is 3. The van der Waals surface area contributed by atoms with Crippen LogP contribution in [0, 0.1) is 0 Å². The molecule has 0 aliphatic heterocycles. The molecule has 1 heterocycles. The maximum atomic E-state index is 12.6. The highest BCUT2D eigenvalue weighted by Gasteiger charge is 2.16. The van der Waals surface area contributed by atoms with E-state index in [-0.39, 0.29) is 12.5 Å². The van der Waals surface area contributed by atoms with Crippen molar-refractivity contribution in [3.05, 3.63) is 70.5 Å². The number of nitrogens with one attached hydrogen (secondary N) is 1. The Hall–Kier alpha value is -3.19. The summed E-state index contributed by atoms with van der Waals surface area (Å²) < 4.78 is 17.7. The number of hydrogen-bond acceptors (Lipinski definition) is 5. The highest BCUT2D eigenvalue weighted by atomic mass is 35.5. The molecule has 0 aliphatic carbocycles. The molecule has 29 heavy (non-hydrogen) atoms. The van der Waals surface area contributed by atoms with Gasteiger partial charge in [0.15, 0.2) is 0 Å². The lowest BCUT2D eigenvalue weighted by Gasteiger charge is -2.15. The highest BCUT2D eigenvalue weighted by molar-refractivity contribution is 6.31. The van der Waals surface area contributed by atoms with Gasteiger partial charge in [0.05, 0.1) is 51.7 Å². The Kier molecular flexibility index (Phi) is 6.61. The molecule has 0 bridgehead atoms. The number of carbonyl (C=O) groups is 1. The molecule has 0 saturated carbocycles. The summed E-state index contributed by atoms with van der Waals surface area (Å²) in [5.74, 6) is 1.48. The first-order valence-electron chi connectivity index (χ1n) is 8.88. The van der Waals surface area contributed by atoms with Crippen molar-refractivity contribution in [2.24, 2.45) is 0 Å². The molecule has 3 aromatic rings. The molecule has 2 aromatic carbocycles. The molecule has 0 spiro atoms. The third-order valence-corrected chi connectivity index (χ3v) is 4.80. The zero-order chi connectivity index (χ0) is 20.8. The normalized spacial score (nSPS) is 10.5. The summed E-state index contributed by atoms with van der Waals surface area (Å²) in [5, 5.41) is 7.78. The first-order chi connectivity index (χ1) is 14.0. The maximum absolute atomic E-state index is 12.6. The number of rotatable bonds is 8. The Bertz CT molecular complexity index is 978. The van der Waals surface area contributed by atoms with E-state index in [0.717, 1.165) is 5.56 Å². The fourth-order valence-corrected chi connectivity index (χ4v) is 3.09. The smallest absolute Gasteiger partial charge is 0.254 e. The van der Waals surface area contributed by atoms with Gasteiger partial charge in [-0.2, -0.15) is 5.10 Å². The van der Waals surface area contributed by atoms with Gasteiger partial charge in [-0.25, -0.2) is 0 Å². The van der Waals surface area contributed by atoms with Crippen molar-refractivity contribution in [1.82, 2.24) is 15.1 Å². The van der Waals surface area contributed by atoms with Gasteiger partial charge in [0.1, 0.15) is 17.2 Å². The van der Waals surface area contributed by atoms with Crippen LogP contribution in [0.5, 0.6) is 17.2 Å². The van der Waals surface area contributed by atoms with Crippen LogP contribution in [0.3, 0.4) is 0 Å². The lowest BCUT2D eigenvalue weighted by atomic mass is 10.1. The van der Waals surface area contributed by atoms with E-state index >= 15 is 0 Å². The van der Waals surface area contributed by atoms with Crippen molar-refractivity contribution in [1.29, 1.82) is 0 Å². The molecule has 3 rings (SSSR count). The van der Waals surface area contributed by atoms with E-state index in [1.807, 2.05) is 24.3 Å². The van der Waals surface area contributed by atoms with Crippen LogP contribution in [0.4, 0.5) is 0 Å². The van der Waals surface area contributed by atoms with E-state index in [2.05, 4.69) is 10.4 Å². The highest BCUT2D eigenvalue weighted by Crippen LogP contribution is 2.33. The minimum atomic E-state index is -0.254. The van der Waals surface area contributed by atoms with Gasteiger partial charge in [-0.05, 0) is 11.6 Å². The quantitative estimate of drug-likeness (QED) is 0.609. The summed E-state index contributed by atoms with van der Waals surface area (Å²) in [7, 11) is 4.67. The Morgan fingerprint density at radius 2 is 1.79 bits per heavy atom. The summed E-state index contributed by atoms with van der Waals surface area (Å²) in [6, 6.07) is 11.0. The van der Waals surface area contributed by atoms with E-state index in [1.165, 1.54) is 6.20 Å². The molecular formula is C21H22ClN3O4. The number of halogens is 1. The lowest BCUT2D eigenvalue weighted by Crippen LogP contribution is -2.23. The van der Waals surface area contributed by atoms with Crippen LogP contribution in [0.2, 0.25) is 5.02 Å². The third kappa shape index (κ3) is 4.81. The number of aromatic nitrogens is 2. The number of nitrogens with zero attached hydrogens (tertiary/aromatic N) is 2. The molecular weight excluding hydrogens is 394 g/mol. The average Bonchev–Trinajstić information content (AvgIpc) is 3.21.